The standard InChI is InChI=1S/C25H28B2FN3O13/c26-23(27)16-12(19(33)31(23)17-18(32)29-20(34)22(37,38)21(17,35)36)2-1-3-15(16)44-25(41,42)13-5-4-11(10-14(13)28)24(39,40)30-6-8-43-9-7-30/h1-5,10,17,35-42H,6-9,26-27H2,(H,29,32,34). The zero-order valence-electron chi connectivity index (χ0n) is 23.3. The molecule has 0 spiro atoms. The van der Waals surface area contributed by atoms with Crippen molar-refractivity contribution in [3.05, 3.63) is 64.5 Å². The molecule has 0 aromatic heterocycles. The lowest BCUT2D eigenvalue weighted by Crippen LogP contribution is -2.80. The number of nitrogens with one attached hydrogen (secondary N) is 1. The molecule has 234 valence electrons. The van der Waals surface area contributed by atoms with E-state index in [9.17, 15) is 55.2 Å². The first-order chi connectivity index (χ1) is 20.3. The van der Waals surface area contributed by atoms with Crippen LogP contribution in [0, 0.1) is 5.82 Å². The van der Waals surface area contributed by atoms with Gasteiger partial charge in [0, 0.05) is 35.1 Å². The molecule has 2 saturated heterocycles. The molecule has 16 nitrogen and oxygen atoms in total. The van der Waals surface area contributed by atoms with Crippen molar-refractivity contribution in [1.82, 2.24) is 15.1 Å². The highest BCUT2D eigenvalue weighted by Crippen LogP contribution is 2.46. The van der Waals surface area contributed by atoms with Gasteiger partial charge in [-0.15, -0.1) is 0 Å². The second-order valence-electron chi connectivity index (χ2n) is 11.2. The number of rotatable bonds is 6. The van der Waals surface area contributed by atoms with Gasteiger partial charge in [-0.1, -0.05) is 12.1 Å². The van der Waals surface area contributed by atoms with Crippen LogP contribution < -0.4 is 10.1 Å². The van der Waals surface area contributed by atoms with Crippen molar-refractivity contribution in [3.8, 4) is 5.75 Å². The molecule has 1 atom stereocenters. The summed E-state index contributed by atoms with van der Waals surface area (Å²) >= 11 is 0. The van der Waals surface area contributed by atoms with Gasteiger partial charge in [0.25, 0.3) is 29.4 Å². The Morgan fingerprint density at radius 2 is 1.64 bits per heavy atom. The average Bonchev–Trinajstić information content (AvgIpc) is 3.13. The van der Waals surface area contributed by atoms with E-state index in [1.807, 2.05) is 0 Å². The van der Waals surface area contributed by atoms with Gasteiger partial charge in [0.1, 0.15) is 27.3 Å². The van der Waals surface area contributed by atoms with Gasteiger partial charge >= 0.3 is 11.8 Å². The summed E-state index contributed by atoms with van der Waals surface area (Å²) in [5.41, 5.74) is -1.61. The van der Waals surface area contributed by atoms with Crippen molar-refractivity contribution in [2.45, 2.75) is 34.8 Å². The lowest BCUT2D eigenvalue weighted by Gasteiger charge is -2.49. The number of hydrogen-bond acceptors (Lipinski definition) is 14. The number of nitrogens with zero attached hydrogens (tertiary/aromatic N) is 2. The molecule has 3 heterocycles. The van der Waals surface area contributed by atoms with Crippen LogP contribution in [0.1, 0.15) is 27.0 Å². The molecule has 0 aliphatic carbocycles. The van der Waals surface area contributed by atoms with E-state index in [0.717, 1.165) is 18.2 Å². The van der Waals surface area contributed by atoms with Crippen LogP contribution in [-0.2, 0) is 31.5 Å². The van der Waals surface area contributed by atoms with Gasteiger partial charge in [-0.3, -0.25) is 19.7 Å². The summed E-state index contributed by atoms with van der Waals surface area (Å²) in [6.45, 7) is 0.650. The Hall–Kier alpha value is -3.49. The third-order valence-corrected chi connectivity index (χ3v) is 8.06. The van der Waals surface area contributed by atoms with E-state index >= 15 is 4.39 Å². The van der Waals surface area contributed by atoms with Crippen LogP contribution >= 0.6 is 0 Å². The highest BCUT2D eigenvalue weighted by atomic mass is 19.1. The predicted molar refractivity (Wildman–Crippen MR) is 144 cm³/mol. The smallest absolute Gasteiger partial charge is 0.354 e. The largest absolute Gasteiger partial charge is 0.435 e. The topological polar surface area (TPSA) is 250 Å². The summed E-state index contributed by atoms with van der Waals surface area (Å²) in [5.74, 6) is -20.0. The minimum absolute atomic E-state index is 0.123. The van der Waals surface area contributed by atoms with Crippen molar-refractivity contribution in [1.29, 1.82) is 0 Å². The van der Waals surface area contributed by atoms with Crippen molar-refractivity contribution >= 4 is 33.4 Å². The van der Waals surface area contributed by atoms with Gasteiger partial charge in [-0.05, 0) is 24.3 Å². The summed E-state index contributed by atoms with van der Waals surface area (Å²) in [6.07, 6.45) is 0. The number of carbonyl (C=O) groups excluding carboxylic acids is 3. The first kappa shape index (κ1) is 31.9. The van der Waals surface area contributed by atoms with Crippen molar-refractivity contribution in [2.24, 2.45) is 0 Å². The lowest BCUT2D eigenvalue weighted by molar-refractivity contribution is -0.355. The Labute approximate surface area is 249 Å². The first-order valence-electron chi connectivity index (χ1n) is 13.2. The molecule has 3 aliphatic heterocycles. The number of imide groups is 1. The number of morpholine rings is 1. The van der Waals surface area contributed by atoms with Crippen LogP contribution in [0.25, 0.3) is 0 Å². The molecular formula is C25H28B2FN3O13. The molecule has 19 heteroatoms. The summed E-state index contributed by atoms with van der Waals surface area (Å²) in [4.78, 5) is 39.9. The van der Waals surface area contributed by atoms with E-state index in [2.05, 4.69) is 0 Å². The second kappa shape index (κ2) is 10.3. The van der Waals surface area contributed by atoms with Crippen LogP contribution in [0.3, 0.4) is 0 Å². The molecule has 0 radical (unpaired) electrons. The van der Waals surface area contributed by atoms with Crippen LogP contribution in [-0.4, -0.2) is 128 Å². The Bertz CT molecular complexity index is 1550. The number of ether oxygens (including phenoxy) is 2. The maximum absolute atomic E-state index is 15.3. The van der Waals surface area contributed by atoms with E-state index in [1.165, 1.54) is 32.7 Å². The summed E-state index contributed by atoms with van der Waals surface area (Å²) in [7, 11) is 2.55. The molecule has 5 rings (SSSR count). The number of fused-ring (bicyclic) bond motifs is 1. The van der Waals surface area contributed by atoms with Gasteiger partial charge in [0.2, 0.25) is 0 Å². The second-order valence-corrected chi connectivity index (χ2v) is 11.2. The van der Waals surface area contributed by atoms with Crippen molar-refractivity contribution in [2.75, 3.05) is 26.3 Å². The molecular weight excluding hydrogens is 591 g/mol. The number of carbonyl (C=O) groups is 3. The molecule has 3 amide bonds. The number of amides is 3. The van der Waals surface area contributed by atoms with E-state index in [-0.39, 0.29) is 43.0 Å². The number of halogens is 1. The van der Waals surface area contributed by atoms with Gasteiger partial charge < -0.3 is 55.2 Å². The number of piperidine rings is 1. The van der Waals surface area contributed by atoms with E-state index in [0.29, 0.717) is 11.0 Å². The number of aliphatic hydroxyl groups is 8. The van der Waals surface area contributed by atoms with Gasteiger partial charge in [-0.25, -0.2) is 9.29 Å². The van der Waals surface area contributed by atoms with Crippen LogP contribution in [0.4, 0.5) is 4.39 Å². The fourth-order valence-electron chi connectivity index (χ4n) is 5.73. The van der Waals surface area contributed by atoms with Crippen LogP contribution in [0.2, 0.25) is 0 Å². The van der Waals surface area contributed by atoms with Crippen LogP contribution in [0.15, 0.2) is 36.4 Å². The minimum atomic E-state index is -3.92. The molecule has 2 aromatic rings. The Morgan fingerprint density at radius 3 is 2.25 bits per heavy atom. The monoisotopic (exact) mass is 619 g/mol. The van der Waals surface area contributed by atoms with E-state index in [4.69, 9.17) is 9.47 Å². The van der Waals surface area contributed by atoms with Crippen LogP contribution in [0.5, 0.6) is 5.75 Å². The SMILES string of the molecule is BC1(B)c2c(OC(O)(O)c3ccc(C(O)(O)N4CCOCC4)cc3F)cccc2C(=O)N1C1C(=O)NC(=O)C(O)(O)C1(O)O. The third-order valence-electron chi connectivity index (χ3n) is 8.06. The normalized spacial score (nSPS) is 23.3. The zero-order valence-corrected chi connectivity index (χ0v) is 23.3. The molecule has 2 fully saturated rings. The first-order valence-corrected chi connectivity index (χ1v) is 13.2. The Kier molecular flexibility index (Phi) is 7.46. The molecule has 0 bridgehead atoms. The van der Waals surface area contributed by atoms with Gasteiger partial charge in [0.05, 0.1) is 18.8 Å². The molecule has 1 unspecified atom stereocenters. The molecule has 3 aliphatic rings. The molecule has 44 heavy (non-hydrogen) atoms. The van der Waals surface area contributed by atoms with Crippen molar-refractivity contribution < 1.29 is 69.1 Å². The zero-order chi connectivity index (χ0) is 32.6. The fraction of sp³-hybridized carbons (Fsp3) is 0.400. The molecule has 9 N–H and O–H groups in total. The number of benzene rings is 2. The highest BCUT2D eigenvalue weighted by Gasteiger charge is 2.69. The van der Waals surface area contributed by atoms with Gasteiger partial charge in [-0.2, -0.15) is 0 Å². The van der Waals surface area contributed by atoms with Crippen molar-refractivity contribution in [3.63, 3.8) is 0 Å². The number of hydrogen-bond donors (Lipinski definition) is 9. The quantitative estimate of drug-likeness (QED) is 0.0830. The highest BCUT2D eigenvalue weighted by molar-refractivity contribution is 6.43. The third kappa shape index (κ3) is 4.69. The van der Waals surface area contributed by atoms with E-state index in [1.54, 1.807) is 5.32 Å². The van der Waals surface area contributed by atoms with E-state index < -0.39 is 69.7 Å². The summed E-state index contributed by atoms with van der Waals surface area (Å²) < 4.78 is 25.8. The predicted octanol–water partition coefficient (Wildman–Crippen LogP) is -6.35. The summed E-state index contributed by atoms with van der Waals surface area (Å²) in [6, 6.07) is 3.68. The fourth-order valence-corrected chi connectivity index (χ4v) is 5.73. The average molecular weight is 619 g/mol. The van der Waals surface area contributed by atoms with Gasteiger partial charge in [0.15, 0.2) is 6.04 Å². The maximum atomic E-state index is 15.3. The maximum Gasteiger partial charge on any atom is 0.354 e. The Morgan fingerprint density at radius 1 is 1.00 bits per heavy atom. The Balaban J connectivity index is 1.49. The summed E-state index contributed by atoms with van der Waals surface area (Å²) in [5, 5.41) is 84.1. The molecule has 0 saturated carbocycles. The lowest BCUT2D eigenvalue weighted by atomic mass is 9.57. The molecule has 2 aromatic carbocycles. The minimum Gasteiger partial charge on any atom is -0.435 e.